The molecule has 82 valence electrons. The van der Waals surface area contributed by atoms with E-state index in [1.165, 1.54) is 0 Å². The molecular formula is C9H18N2O3. The summed E-state index contributed by atoms with van der Waals surface area (Å²) < 4.78 is 0. The number of nitrogens with one attached hydrogen (secondary N) is 1. The molecule has 0 aliphatic rings. The van der Waals surface area contributed by atoms with Crippen molar-refractivity contribution in [2.75, 3.05) is 6.54 Å². The van der Waals surface area contributed by atoms with Gasteiger partial charge in [-0.25, -0.2) is 4.79 Å². The minimum Gasteiger partial charge on any atom is -0.480 e. The fourth-order valence-corrected chi connectivity index (χ4v) is 0.916. The van der Waals surface area contributed by atoms with Crippen molar-refractivity contribution in [2.45, 2.75) is 26.8 Å². The highest BCUT2D eigenvalue weighted by Crippen LogP contribution is 2.03. The molecule has 0 bridgehead atoms. The van der Waals surface area contributed by atoms with Gasteiger partial charge in [-0.05, 0) is 5.92 Å². The van der Waals surface area contributed by atoms with Crippen LogP contribution < -0.4 is 11.1 Å². The SMILES string of the molecule is CC(CN)C(=O)N[C@H](C(=O)O)C(C)C. The number of rotatable bonds is 5. The molecule has 0 heterocycles. The van der Waals surface area contributed by atoms with E-state index in [4.69, 9.17) is 10.8 Å². The van der Waals surface area contributed by atoms with Gasteiger partial charge in [0.05, 0.1) is 0 Å². The van der Waals surface area contributed by atoms with Crippen LogP contribution in [0, 0.1) is 11.8 Å². The zero-order chi connectivity index (χ0) is 11.3. The van der Waals surface area contributed by atoms with Crippen LogP contribution in [0.2, 0.25) is 0 Å². The topological polar surface area (TPSA) is 92.4 Å². The summed E-state index contributed by atoms with van der Waals surface area (Å²) in [5.41, 5.74) is 5.29. The number of carbonyl (C=O) groups is 2. The maximum absolute atomic E-state index is 11.3. The van der Waals surface area contributed by atoms with Gasteiger partial charge in [-0.15, -0.1) is 0 Å². The number of hydrogen-bond acceptors (Lipinski definition) is 3. The van der Waals surface area contributed by atoms with E-state index in [9.17, 15) is 9.59 Å². The Bertz CT molecular complexity index is 216. The van der Waals surface area contributed by atoms with Gasteiger partial charge in [0.2, 0.25) is 5.91 Å². The number of carboxylic acid groups (broad SMARTS) is 1. The average molecular weight is 202 g/mol. The van der Waals surface area contributed by atoms with Crippen molar-refractivity contribution in [1.82, 2.24) is 5.32 Å². The normalized spacial score (nSPS) is 14.9. The molecule has 5 nitrogen and oxygen atoms in total. The highest BCUT2D eigenvalue weighted by atomic mass is 16.4. The molecule has 2 atom stereocenters. The molecule has 1 amide bonds. The van der Waals surface area contributed by atoms with Crippen LogP contribution in [0.25, 0.3) is 0 Å². The van der Waals surface area contributed by atoms with Gasteiger partial charge in [-0.2, -0.15) is 0 Å². The van der Waals surface area contributed by atoms with Crippen LogP contribution >= 0.6 is 0 Å². The molecule has 0 aliphatic heterocycles. The standard InChI is InChI=1S/C9H18N2O3/c1-5(2)7(9(13)14)11-8(12)6(3)4-10/h5-7H,4,10H2,1-3H3,(H,11,12)(H,13,14)/t6?,7-/m0/s1. The Morgan fingerprint density at radius 2 is 1.86 bits per heavy atom. The minimum atomic E-state index is -1.02. The van der Waals surface area contributed by atoms with Gasteiger partial charge in [0.1, 0.15) is 6.04 Å². The maximum atomic E-state index is 11.3. The van der Waals surface area contributed by atoms with Crippen molar-refractivity contribution in [2.24, 2.45) is 17.6 Å². The second kappa shape index (κ2) is 5.59. The van der Waals surface area contributed by atoms with E-state index in [1.54, 1.807) is 20.8 Å². The summed E-state index contributed by atoms with van der Waals surface area (Å²) in [7, 11) is 0. The van der Waals surface area contributed by atoms with E-state index in [2.05, 4.69) is 5.32 Å². The summed E-state index contributed by atoms with van der Waals surface area (Å²) in [6.07, 6.45) is 0. The number of carbonyl (C=O) groups excluding carboxylic acids is 1. The molecule has 0 aromatic heterocycles. The zero-order valence-corrected chi connectivity index (χ0v) is 8.78. The molecule has 0 aromatic carbocycles. The smallest absolute Gasteiger partial charge is 0.326 e. The van der Waals surface area contributed by atoms with E-state index in [0.717, 1.165) is 0 Å². The lowest BCUT2D eigenvalue weighted by Gasteiger charge is -2.19. The fourth-order valence-electron chi connectivity index (χ4n) is 0.916. The van der Waals surface area contributed by atoms with Crippen LogP contribution in [0.5, 0.6) is 0 Å². The van der Waals surface area contributed by atoms with Gasteiger partial charge in [0, 0.05) is 12.5 Å². The molecule has 4 N–H and O–H groups in total. The zero-order valence-electron chi connectivity index (χ0n) is 8.78. The Kier molecular flexibility index (Phi) is 5.15. The monoisotopic (exact) mass is 202 g/mol. The Hall–Kier alpha value is -1.10. The molecular weight excluding hydrogens is 184 g/mol. The molecule has 0 saturated heterocycles. The van der Waals surface area contributed by atoms with Crippen molar-refractivity contribution in [1.29, 1.82) is 0 Å². The van der Waals surface area contributed by atoms with Crippen molar-refractivity contribution in [3.05, 3.63) is 0 Å². The Labute approximate surface area is 83.7 Å². The van der Waals surface area contributed by atoms with Crippen molar-refractivity contribution >= 4 is 11.9 Å². The molecule has 5 heteroatoms. The Morgan fingerprint density at radius 1 is 1.36 bits per heavy atom. The highest BCUT2D eigenvalue weighted by Gasteiger charge is 2.24. The lowest BCUT2D eigenvalue weighted by atomic mass is 10.0. The van der Waals surface area contributed by atoms with Crippen LogP contribution in [0.15, 0.2) is 0 Å². The number of hydrogen-bond donors (Lipinski definition) is 3. The molecule has 0 aliphatic carbocycles. The van der Waals surface area contributed by atoms with E-state index < -0.39 is 12.0 Å². The third-order valence-electron chi connectivity index (χ3n) is 2.03. The van der Waals surface area contributed by atoms with Gasteiger partial charge in [-0.1, -0.05) is 20.8 Å². The first-order chi connectivity index (χ1) is 6.40. The van der Waals surface area contributed by atoms with Gasteiger partial charge in [0.15, 0.2) is 0 Å². The molecule has 0 aromatic rings. The van der Waals surface area contributed by atoms with Crippen molar-refractivity contribution in [3.8, 4) is 0 Å². The molecule has 14 heavy (non-hydrogen) atoms. The van der Waals surface area contributed by atoms with Crippen molar-refractivity contribution in [3.63, 3.8) is 0 Å². The predicted molar refractivity (Wildman–Crippen MR) is 52.6 cm³/mol. The van der Waals surface area contributed by atoms with Gasteiger partial charge < -0.3 is 16.2 Å². The molecule has 0 spiro atoms. The van der Waals surface area contributed by atoms with Crippen LogP contribution in [0.1, 0.15) is 20.8 Å². The summed E-state index contributed by atoms with van der Waals surface area (Å²) >= 11 is 0. The maximum Gasteiger partial charge on any atom is 0.326 e. The largest absolute Gasteiger partial charge is 0.480 e. The first-order valence-corrected chi connectivity index (χ1v) is 4.63. The summed E-state index contributed by atoms with van der Waals surface area (Å²) in [4.78, 5) is 22.1. The Morgan fingerprint density at radius 3 is 2.14 bits per heavy atom. The van der Waals surface area contributed by atoms with Gasteiger partial charge in [-0.3, -0.25) is 4.79 Å². The predicted octanol–water partition coefficient (Wildman–Crippen LogP) is -0.193. The number of aliphatic carboxylic acids is 1. The highest BCUT2D eigenvalue weighted by molar-refractivity contribution is 5.85. The van der Waals surface area contributed by atoms with Gasteiger partial charge >= 0.3 is 5.97 Å². The second-order valence-electron chi connectivity index (χ2n) is 3.71. The van der Waals surface area contributed by atoms with Crippen LogP contribution in [0.3, 0.4) is 0 Å². The average Bonchev–Trinajstić information content (AvgIpc) is 2.11. The number of carboxylic acids is 1. The molecule has 0 rings (SSSR count). The van der Waals surface area contributed by atoms with E-state index in [0.29, 0.717) is 0 Å². The van der Waals surface area contributed by atoms with Crippen LogP contribution in [-0.2, 0) is 9.59 Å². The molecule has 0 saturated carbocycles. The number of amides is 1. The van der Waals surface area contributed by atoms with Crippen molar-refractivity contribution < 1.29 is 14.7 Å². The lowest BCUT2D eigenvalue weighted by Crippen LogP contribution is -2.47. The quantitative estimate of drug-likeness (QED) is 0.576. The third-order valence-corrected chi connectivity index (χ3v) is 2.03. The summed E-state index contributed by atoms with van der Waals surface area (Å²) in [5, 5.41) is 11.2. The lowest BCUT2D eigenvalue weighted by molar-refractivity contribution is -0.143. The second-order valence-corrected chi connectivity index (χ2v) is 3.71. The third kappa shape index (κ3) is 3.74. The summed E-state index contributed by atoms with van der Waals surface area (Å²) in [6, 6.07) is -0.837. The number of nitrogens with two attached hydrogens (primary N) is 1. The van der Waals surface area contributed by atoms with E-state index in [1.807, 2.05) is 0 Å². The Balaban J connectivity index is 4.31. The van der Waals surface area contributed by atoms with E-state index in [-0.39, 0.29) is 24.3 Å². The first-order valence-electron chi connectivity index (χ1n) is 4.63. The summed E-state index contributed by atoms with van der Waals surface area (Å²) in [6.45, 7) is 5.36. The first kappa shape index (κ1) is 12.9. The fraction of sp³-hybridized carbons (Fsp3) is 0.778. The van der Waals surface area contributed by atoms with Crippen LogP contribution in [-0.4, -0.2) is 29.6 Å². The van der Waals surface area contributed by atoms with E-state index >= 15 is 0 Å². The van der Waals surface area contributed by atoms with Gasteiger partial charge in [0.25, 0.3) is 0 Å². The molecule has 0 radical (unpaired) electrons. The molecule has 1 unspecified atom stereocenters. The minimum absolute atomic E-state index is 0.138. The van der Waals surface area contributed by atoms with Crippen LogP contribution in [0.4, 0.5) is 0 Å². The summed E-state index contributed by atoms with van der Waals surface area (Å²) in [5.74, 6) is -1.82. The molecule has 0 fully saturated rings.